The first-order valence-corrected chi connectivity index (χ1v) is 10.8. The van der Waals surface area contributed by atoms with Crippen molar-refractivity contribution in [1.82, 2.24) is 4.98 Å². The van der Waals surface area contributed by atoms with Gasteiger partial charge in [0.1, 0.15) is 4.21 Å². The smallest absolute Gasteiger partial charge is 0.271 e. The molecule has 0 unspecified atom stereocenters. The van der Waals surface area contributed by atoms with E-state index in [0.717, 1.165) is 22.5 Å². The van der Waals surface area contributed by atoms with E-state index in [1.165, 1.54) is 16.0 Å². The van der Waals surface area contributed by atoms with Crippen molar-refractivity contribution in [2.75, 3.05) is 4.72 Å². The van der Waals surface area contributed by atoms with E-state index in [0.29, 0.717) is 9.90 Å². The van der Waals surface area contributed by atoms with Crippen LogP contribution in [0.4, 0.5) is 5.69 Å². The van der Waals surface area contributed by atoms with Crippen molar-refractivity contribution in [1.29, 1.82) is 0 Å². The Morgan fingerprint density at radius 1 is 0.960 bits per heavy atom. The predicted molar refractivity (Wildman–Crippen MR) is 104 cm³/mol. The summed E-state index contributed by atoms with van der Waals surface area (Å²) in [5.41, 5.74) is 2.67. The molecular weight excluding hydrogens is 372 g/mol. The first-order chi connectivity index (χ1) is 12.1. The largest absolute Gasteiger partial charge is 0.279 e. The van der Waals surface area contributed by atoms with Gasteiger partial charge in [0.15, 0.2) is 0 Å². The Labute approximate surface area is 153 Å². The van der Waals surface area contributed by atoms with Crippen molar-refractivity contribution in [2.24, 2.45) is 0 Å². The van der Waals surface area contributed by atoms with Crippen LogP contribution in [0, 0.1) is 0 Å². The summed E-state index contributed by atoms with van der Waals surface area (Å²) in [6.45, 7) is 0. The minimum atomic E-state index is -3.50. The van der Waals surface area contributed by atoms with Gasteiger partial charge in [0.2, 0.25) is 0 Å². The van der Waals surface area contributed by atoms with Gasteiger partial charge in [-0.3, -0.25) is 4.72 Å². The lowest BCUT2D eigenvalue weighted by molar-refractivity contribution is 0.603. The summed E-state index contributed by atoms with van der Waals surface area (Å²) < 4.78 is 28.6. The van der Waals surface area contributed by atoms with E-state index in [2.05, 4.69) is 15.8 Å². The number of nitrogens with one attached hydrogen (secondary N) is 1. The molecule has 0 atom stereocenters. The standard InChI is InChI=1S/C18H14N2O2S3/c21-25(22,18-6-3-11-23-18)20-14-9-7-13(8-10-14)12-17-19-15-4-1-2-5-16(15)24-17/h1-11,20H,12H2. The third-order valence-electron chi connectivity index (χ3n) is 3.66. The Bertz CT molecular complexity index is 1070. The average molecular weight is 387 g/mol. The molecule has 2 aromatic carbocycles. The fourth-order valence-electron chi connectivity index (χ4n) is 2.48. The minimum absolute atomic E-state index is 0.311. The fraction of sp³-hybridized carbons (Fsp3) is 0.0556. The van der Waals surface area contributed by atoms with Crippen molar-refractivity contribution in [3.8, 4) is 0 Å². The molecular formula is C18H14N2O2S3. The maximum atomic E-state index is 12.2. The average Bonchev–Trinajstić information content (AvgIpc) is 3.25. The first kappa shape index (κ1) is 16.3. The van der Waals surface area contributed by atoms with Crippen LogP contribution in [0.3, 0.4) is 0 Å². The lowest BCUT2D eigenvalue weighted by atomic mass is 10.1. The number of para-hydroxylation sites is 1. The third-order valence-corrected chi connectivity index (χ3v) is 7.47. The van der Waals surface area contributed by atoms with E-state index in [-0.39, 0.29) is 0 Å². The molecule has 4 nitrogen and oxygen atoms in total. The molecule has 0 bridgehead atoms. The number of hydrogen-bond donors (Lipinski definition) is 1. The number of benzene rings is 2. The lowest BCUT2D eigenvalue weighted by Gasteiger charge is -2.07. The van der Waals surface area contributed by atoms with Gasteiger partial charge in [0, 0.05) is 12.1 Å². The molecule has 0 spiro atoms. The van der Waals surface area contributed by atoms with Gasteiger partial charge in [0.05, 0.1) is 15.2 Å². The van der Waals surface area contributed by atoms with Crippen LogP contribution >= 0.6 is 22.7 Å². The number of hydrogen-bond acceptors (Lipinski definition) is 5. The summed E-state index contributed by atoms with van der Waals surface area (Å²) >= 11 is 2.88. The van der Waals surface area contributed by atoms with Gasteiger partial charge in [-0.15, -0.1) is 22.7 Å². The summed E-state index contributed by atoms with van der Waals surface area (Å²) in [5.74, 6) is 0. The summed E-state index contributed by atoms with van der Waals surface area (Å²) in [5, 5.41) is 2.79. The van der Waals surface area contributed by atoms with Crippen LogP contribution in [-0.2, 0) is 16.4 Å². The Morgan fingerprint density at radius 2 is 1.76 bits per heavy atom. The van der Waals surface area contributed by atoms with Crippen LogP contribution in [0.5, 0.6) is 0 Å². The third kappa shape index (κ3) is 3.58. The second-order valence-corrected chi connectivity index (χ2v) is 9.46. The molecule has 25 heavy (non-hydrogen) atoms. The van der Waals surface area contributed by atoms with E-state index in [4.69, 9.17) is 0 Å². The number of thiazole rings is 1. The Hall–Kier alpha value is -2.22. The SMILES string of the molecule is O=S(=O)(Nc1ccc(Cc2nc3ccccc3s2)cc1)c1cccs1. The number of sulfonamides is 1. The van der Waals surface area contributed by atoms with Crippen molar-refractivity contribution in [3.05, 3.63) is 76.6 Å². The molecule has 0 aliphatic heterocycles. The molecule has 7 heteroatoms. The van der Waals surface area contributed by atoms with Gasteiger partial charge in [-0.2, -0.15) is 0 Å². The van der Waals surface area contributed by atoms with E-state index in [1.807, 2.05) is 30.3 Å². The highest BCUT2D eigenvalue weighted by molar-refractivity contribution is 7.94. The van der Waals surface area contributed by atoms with Crippen molar-refractivity contribution < 1.29 is 8.42 Å². The highest BCUT2D eigenvalue weighted by Gasteiger charge is 2.15. The molecule has 0 aliphatic carbocycles. The van der Waals surface area contributed by atoms with Crippen LogP contribution in [-0.4, -0.2) is 13.4 Å². The highest BCUT2D eigenvalue weighted by Crippen LogP contribution is 2.25. The summed E-state index contributed by atoms with van der Waals surface area (Å²) in [7, 11) is -3.50. The molecule has 0 saturated carbocycles. The second kappa shape index (κ2) is 6.59. The van der Waals surface area contributed by atoms with E-state index < -0.39 is 10.0 Å². The maximum absolute atomic E-state index is 12.2. The maximum Gasteiger partial charge on any atom is 0.271 e. The zero-order chi connectivity index (χ0) is 17.3. The van der Waals surface area contributed by atoms with Crippen LogP contribution in [0.1, 0.15) is 10.6 Å². The van der Waals surface area contributed by atoms with Gasteiger partial charge in [-0.25, -0.2) is 13.4 Å². The molecule has 0 fully saturated rings. The molecule has 4 rings (SSSR count). The fourth-order valence-corrected chi connectivity index (χ4v) is 5.54. The lowest BCUT2D eigenvalue weighted by Crippen LogP contribution is -2.11. The zero-order valence-corrected chi connectivity index (χ0v) is 15.5. The summed E-state index contributed by atoms with van der Waals surface area (Å²) in [6, 6.07) is 18.8. The van der Waals surface area contributed by atoms with Gasteiger partial charge < -0.3 is 0 Å². The van der Waals surface area contributed by atoms with Gasteiger partial charge in [0.25, 0.3) is 10.0 Å². The number of anilines is 1. The molecule has 4 aromatic rings. The van der Waals surface area contributed by atoms with E-state index >= 15 is 0 Å². The molecule has 2 aromatic heterocycles. The van der Waals surface area contributed by atoms with Crippen LogP contribution < -0.4 is 4.72 Å². The van der Waals surface area contributed by atoms with Crippen LogP contribution in [0.15, 0.2) is 70.3 Å². The number of aromatic nitrogens is 1. The topological polar surface area (TPSA) is 59.1 Å². The predicted octanol–water partition coefficient (Wildman–Crippen LogP) is 4.75. The Morgan fingerprint density at radius 3 is 2.48 bits per heavy atom. The normalized spacial score (nSPS) is 11.7. The molecule has 1 N–H and O–H groups in total. The molecule has 0 aliphatic rings. The van der Waals surface area contributed by atoms with E-state index in [9.17, 15) is 8.42 Å². The molecule has 0 amide bonds. The highest BCUT2D eigenvalue weighted by atomic mass is 32.2. The monoisotopic (exact) mass is 386 g/mol. The molecule has 0 radical (unpaired) electrons. The quantitative estimate of drug-likeness (QED) is 0.538. The Balaban J connectivity index is 1.50. The Kier molecular flexibility index (Phi) is 4.29. The molecule has 126 valence electrons. The van der Waals surface area contributed by atoms with Gasteiger partial charge >= 0.3 is 0 Å². The van der Waals surface area contributed by atoms with Crippen LogP contribution in [0.25, 0.3) is 10.2 Å². The summed E-state index contributed by atoms with van der Waals surface area (Å²) in [6.07, 6.45) is 0.733. The van der Waals surface area contributed by atoms with Gasteiger partial charge in [-0.1, -0.05) is 30.3 Å². The number of fused-ring (bicyclic) bond motifs is 1. The number of rotatable bonds is 5. The molecule has 2 heterocycles. The molecule has 0 saturated heterocycles. The minimum Gasteiger partial charge on any atom is -0.279 e. The number of thiophene rings is 1. The van der Waals surface area contributed by atoms with Crippen LogP contribution in [0.2, 0.25) is 0 Å². The second-order valence-electron chi connectivity index (χ2n) is 5.49. The van der Waals surface area contributed by atoms with E-state index in [1.54, 1.807) is 41.0 Å². The number of nitrogens with zero attached hydrogens (tertiary/aromatic N) is 1. The van der Waals surface area contributed by atoms with Crippen molar-refractivity contribution >= 4 is 48.6 Å². The van der Waals surface area contributed by atoms with Crippen molar-refractivity contribution in [3.63, 3.8) is 0 Å². The zero-order valence-electron chi connectivity index (χ0n) is 13.0. The summed E-state index contributed by atoms with van der Waals surface area (Å²) in [4.78, 5) is 4.63. The van der Waals surface area contributed by atoms with Gasteiger partial charge in [-0.05, 0) is 41.3 Å². The van der Waals surface area contributed by atoms with Crippen molar-refractivity contribution in [2.45, 2.75) is 10.6 Å². The first-order valence-electron chi connectivity index (χ1n) is 7.60.